The van der Waals surface area contributed by atoms with E-state index in [1.54, 1.807) is 0 Å². The fourth-order valence-electron chi connectivity index (χ4n) is 1.98. The zero-order valence-electron chi connectivity index (χ0n) is 10.2. The van der Waals surface area contributed by atoms with Gasteiger partial charge < -0.3 is 10.6 Å². The highest BCUT2D eigenvalue weighted by molar-refractivity contribution is 5.81. The summed E-state index contributed by atoms with van der Waals surface area (Å²) in [6, 6.07) is -0.0628. The molecule has 0 radical (unpaired) electrons. The maximum absolute atomic E-state index is 11.7. The van der Waals surface area contributed by atoms with Crippen LogP contribution in [0.2, 0.25) is 0 Å². The van der Waals surface area contributed by atoms with Crippen molar-refractivity contribution >= 4 is 5.91 Å². The average Bonchev–Trinajstić information content (AvgIpc) is 2.15. The summed E-state index contributed by atoms with van der Waals surface area (Å²) in [6.07, 6.45) is 5.86. The van der Waals surface area contributed by atoms with Crippen LogP contribution in [0.1, 0.15) is 52.9 Å². The van der Waals surface area contributed by atoms with Gasteiger partial charge in [0, 0.05) is 12.1 Å². The number of hydrogen-bond acceptors (Lipinski definition) is 2. The zero-order valence-corrected chi connectivity index (χ0v) is 10.2. The normalized spacial score (nSPS) is 20.5. The number of nitrogens with one attached hydrogen (secondary N) is 2. The van der Waals surface area contributed by atoms with E-state index in [9.17, 15) is 4.79 Å². The molecule has 1 atom stereocenters. The molecule has 1 aliphatic carbocycles. The van der Waals surface area contributed by atoms with Crippen LogP contribution in [0.3, 0.4) is 0 Å². The molecule has 0 bridgehead atoms. The Hall–Kier alpha value is -0.570. The van der Waals surface area contributed by atoms with Crippen molar-refractivity contribution in [3.8, 4) is 0 Å². The number of hydrogen-bond donors (Lipinski definition) is 2. The molecule has 0 heterocycles. The lowest BCUT2D eigenvalue weighted by atomic mass is 9.78. The number of rotatable bonds is 6. The van der Waals surface area contributed by atoms with E-state index in [-0.39, 0.29) is 17.5 Å². The third-order valence-corrected chi connectivity index (χ3v) is 3.24. The molecule has 1 aliphatic rings. The Labute approximate surface area is 93.0 Å². The van der Waals surface area contributed by atoms with Crippen LogP contribution in [-0.2, 0) is 4.79 Å². The van der Waals surface area contributed by atoms with Gasteiger partial charge in [0.1, 0.15) is 0 Å². The van der Waals surface area contributed by atoms with Gasteiger partial charge in [-0.1, -0.05) is 13.3 Å². The topological polar surface area (TPSA) is 41.1 Å². The van der Waals surface area contributed by atoms with Crippen LogP contribution < -0.4 is 10.6 Å². The van der Waals surface area contributed by atoms with E-state index in [4.69, 9.17) is 0 Å². The van der Waals surface area contributed by atoms with Crippen molar-refractivity contribution in [1.82, 2.24) is 10.6 Å². The lowest BCUT2D eigenvalue weighted by Gasteiger charge is -2.41. The minimum atomic E-state index is -0.0628. The van der Waals surface area contributed by atoms with E-state index in [0.29, 0.717) is 0 Å². The standard InChI is InChI=1S/C12H24N2O/c1-4-5-9-13-11(15)10(2)14-12(3)7-6-8-12/h10,14H,4-9H2,1-3H3,(H,13,15). The minimum absolute atomic E-state index is 0.0628. The molecule has 1 saturated carbocycles. The first kappa shape index (κ1) is 12.5. The van der Waals surface area contributed by atoms with Gasteiger partial charge in [0.25, 0.3) is 0 Å². The number of carbonyl (C=O) groups is 1. The van der Waals surface area contributed by atoms with Crippen LogP contribution in [0, 0.1) is 0 Å². The highest BCUT2D eigenvalue weighted by Gasteiger charge is 2.33. The first-order valence-corrected chi connectivity index (χ1v) is 6.13. The molecule has 88 valence electrons. The van der Waals surface area contributed by atoms with Gasteiger partial charge in [-0.15, -0.1) is 0 Å². The Bertz CT molecular complexity index is 212. The molecule has 0 aromatic carbocycles. The van der Waals surface area contributed by atoms with Crippen LogP contribution in [-0.4, -0.2) is 24.0 Å². The van der Waals surface area contributed by atoms with Gasteiger partial charge in [-0.05, 0) is 39.5 Å². The van der Waals surface area contributed by atoms with E-state index < -0.39 is 0 Å². The number of amides is 1. The molecule has 1 fully saturated rings. The molecule has 1 unspecified atom stereocenters. The van der Waals surface area contributed by atoms with Crippen LogP contribution in [0.15, 0.2) is 0 Å². The summed E-state index contributed by atoms with van der Waals surface area (Å²) in [5, 5.41) is 6.36. The van der Waals surface area contributed by atoms with E-state index in [0.717, 1.165) is 19.4 Å². The van der Waals surface area contributed by atoms with Crippen molar-refractivity contribution < 1.29 is 4.79 Å². The fourth-order valence-corrected chi connectivity index (χ4v) is 1.98. The third kappa shape index (κ3) is 3.82. The quantitative estimate of drug-likeness (QED) is 0.659. The Morgan fingerprint density at radius 2 is 2.13 bits per heavy atom. The summed E-state index contributed by atoms with van der Waals surface area (Å²) in [5.74, 6) is 0.136. The van der Waals surface area contributed by atoms with Gasteiger partial charge in [0.2, 0.25) is 5.91 Å². The Balaban J connectivity index is 2.20. The molecule has 3 nitrogen and oxygen atoms in total. The first-order valence-electron chi connectivity index (χ1n) is 6.13. The Morgan fingerprint density at radius 1 is 1.47 bits per heavy atom. The third-order valence-electron chi connectivity index (χ3n) is 3.24. The first-order chi connectivity index (χ1) is 7.07. The van der Waals surface area contributed by atoms with Gasteiger partial charge in [-0.25, -0.2) is 0 Å². The van der Waals surface area contributed by atoms with Gasteiger partial charge in [-0.2, -0.15) is 0 Å². The second-order valence-electron chi connectivity index (χ2n) is 4.92. The fraction of sp³-hybridized carbons (Fsp3) is 0.917. The van der Waals surface area contributed by atoms with E-state index in [2.05, 4.69) is 24.5 Å². The highest BCUT2D eigenvalue weighted by atomic mass is 16.2. The molecule has 0 spiro atoms. The minimum Gasteiger partial charge on any atom is -0.355 e. The molecule has 0 aliphatic heterocycles. The molecule has 0 saturated heterocycles. The number of carbonyl (C=O) groups excluding carboxylic acids is 1. The monoisotopic (exact) mass is 212 g/mol. The SMILES string of the molecule is CCCCNC(=O)C(C)NC1(C)CCC1. The molecule has 1 amide bonds. The molecule has 0 aromatic heterocycles. The van der Waals surface area contributed by atoms with Crippen molar-refractivity contribution in [3.05, 3.63) is 0 Å². The molecule has 1 rings (SSSR count). The van der Waals surface area contributed by atoms with Gasteiger partial charge >= 0.3 is 0 Å². The molecular formula is C12H24N2O. The predicted molar refractivity (Wildman–Crippen MR) is 62.8 cm³/mol. The van der Waals surface area contributed by atoms with Crippen LogP contribution in [0.25, 0.3) is 0 Å². The maximum Gasteiger partial charge on any atom is 0.236 e. The molecule has 15 heavy (non-hydrogen) atoms. The van der Waals surface area contributed by atoms with Crippen LogP contribution in [0.5, 0.6) is 0 Å². The highest BCUT2D eigenvalue weighted by Crippen LogP contribution is 2.31. The predicted octanol–water partition coefficient (Wildman–Crippen LogP) is 1.82. The van der Waals surface area contributed by atoms with Crippen LogP contribution >= 0.6 is 0 Å². The second-order valence-corrected chi connectivity index (χ2v) is 4.92. The molecule has 3 heteroatoms. The van der Waals surface area contributed by atoms with Gasteiger partial charge in [-0.3, -0.25) is 4.79 Å². The van der Waals surface area contributed by atoms with Gasteiger partial charge in [0.15, 0.2) is 0 Å². The van der Waals surface area contributed by atoms with E-state index >= 15 is 0 Å². The average molecular weight is 212 g/mol. The van der Waals surface area contributed by atoms with Crippen molar-refractivity contribution in [2.45, 2.75) is 64.5 Å². The Morgan fingerprint density at radius 3 is 2.60 bits per heavy atom. The molecule has 2 N–H and O–H groups in total. The lowest BCUT2D eigenvalue weighted by Crippen LogP contribution is -2.56. The molecule has 0 aromatic rings. The maximum atomic E-state index is 11.7. The zero-order chi connectivity index (χ0) is 11.3. The smallest absolute Gasteiger partial charge is 0.236 e. The van der Waals surface area contributed by atoms with E-state index in [1.165, 1.54) is 19.3 Å². The summed E-state index contributed by atoms with van der Waals surface area (Å²) in [7, 11) is 0. The summed E-state index contributed by atoms with van der Waals surface area (Å²) in [5.41, 5.74) is 0.210. The molecular weight excluding hydrogens is 188 g/mol. The van der Waals surface area contributed by atoms with Crippen molar-refractivity contribution in [2.75, 3.05) is 6.54 Å². The Kier molecular flexibility index (Phi) is 4.58. The van der Waals surface area contributed by atoms with Crippen molar-refractivity contribution in [1.29, 1.82) is 0 Å². The van der Waals surface area contributed by atoms with Gasteiger partial charge in [0.05, 0.1) is 6.04 Å². The summed E-state index contributed by atoms with van der Waals surface area (Å²) >= 11 is 0. The summed E-state index contributed by atoms with van der Waals surface area (Å²) in [6.45, 7) is 7.08. The lowest BCUT2D eigenvalue weighted by molar-refractivity contribution is -0.123. The summed E-state index contributed by atoms with van der Waals surface area (Å²) in [4.78, 5) is 11.7. The summed E-state index contributed by atoms with van der Waals surface area (Å²) < 4.78 is 0. The number of unbranched alkanes of at least 4 members (excludes halogenated alkanes) is 1. The van der Waals surface area contributed by atoms with Crippen LogP contribution in [0.4, 0.5) is 0 Å². The van der Waals surface area contributed by atoms with E-state index in [1.807, 2.05) is 6.92 Å². The van der Waals surface area contributed by atoms with Crippen molar-refractivity contribution in [2.24, 2.45) is 0 Å². The second kappa shape index (κ2) is 5.50. The van der Waals surface area contributed by atoms with Crippen molar-refractivity contribution in [3.63, 3.8) is 0 Å². The largest absolute Gasteiger partial charge is 0.355 e.